The van der Waals surface area contributed by atoms with Crippen LogP contribution < -0.4 is 5.32 Å². The van der Waals surface area contributed by atoms with Crippen molar-refractivity contribution in [2.45, 2.75) is 46.2 Å². The van der Waals surface area contributed by atoms with Crippen LogP contribution in [0.2, 0.25) is 0 Å². The van der Waals surface area contributed by atoms with Crippen LogP contribution in [0.25, 0.3) is 10.2 Å². The largest absolute Gasteiger partial charge is 0.361 e. The maximum atomic E-state index is 4.76. The molecular formula is C21H31N5S. The predicted molar refractivity (Wildman–Crippen MR) is 116 cm³/mol. The lowest BCUT2D eigenvalue weighted by atomic mass is 9.96. The van der Waals surface area contributed by atoms with Crippen molar-refractivity contribution >= 4 is 26.7 Å². The van der Waals surface area contributed by atoms with Crippen molar-refractivity contribution in [2.75, 3.05) is 26.0 Å². The molecule has 0 saturated heterocycles. The minimum absolute atomic E-state index is 0.227. The van der Waals surface area contributed by atoms with E-state index in [4.69, 9.17) is 4.98 Å². The minimum atomic E-state index is 0.227. The maximum Gasteiger partial charge on any atom is 0.183 e. The van der Waals surface area contributed by atoms with Crippen molar-refractivity contribution in [1.82, 2.24) is 19.4 Å². The second-order valence-electron chi connectivity index (χ2n) is 8.55. The third kappa shape index (κ3) is 4.68. The van der Waals surface area contributed by atoms with E-state index in [0.717, 1.165) is 23.6 Å². The summed E-state index contributed by atoms with van der Waals surface area (Å²) < 4.78 is 3.44. The summed E-state index contributed by atoms with van der Waals surface area (Å²) in [5, 5.41) is 4.48. The Kier molecular flexibility index (Phi) is 5.86. The molecular weight excluding hydrogens is 354 g/mol. The van der Waals surface area contributed by atoms with Gasteiger partial charge in [-0.25, -0.2) is 9.97 Å². The topological polar surface area (TPSA) is 46.0 Å². The average Bonchev–Trinajstić information content (AvgIpc) is 3.25. The number of thiazole rings is 1. The van der Waals surface area contributed by atoms with E-state index in [1.165, 1.54) is 10.3 Å². The molecule has 1 aromatic carbocycles. The van der Waals surface area contributed by atoms with Gasteiger partial charge < -0.3 is 14.8 Å². The number of hydrogen-bond donors (Lipinski definition) is 1. The van der Waals surface area contributed by atoms with Crippen molar-refractivity contribution in [2.24, 2.45) is 5.41 Å². The zero-order valence-electron chi connectivity index (χ0n) is 17.2. The fourth-order valence-electron chi connectivity index (χ4n) is 3.44. The summed E-state index contributed by atoms with van der Waals surface area (Å²) in [6, 6.07) is 7.28. The van der Waals surface area contributed by atoms with Crippen LogP contribution in [0, 0.1) is 5.41 Å². The summed E-state index contributed by atoms with van der Waals surface area (Å²) in [5.74, 6) is 0. The van der Waals surface area contributed by atoms with E-state index in [1.807, 2.05) is 12.5 Å². The monoisotopic (exact) mass is 385 g/mol. The number of benzene rings is 1. The van der Waals surface area contributed by atoms with Gasteiger partial charge in [-0.05, 0) is 43.6 Å². The number of nitrogens with one attached hydrogen (secondary N) is 1. The van der Waals surface area contributed by atoms with E-state index in [9.17, 15) is 0 Å². The van der Waals surface area contributed by atoms with E-state index >= 15 is 0 Å². The zero-order chi connectivity index (χ0) is 19.6. The van der Waals surface area contributed by atoms with Crippen molar-refractivity contribution < 1.29 is 0 Å². The number of anilines is 1. The smallest absolute Gasteiger partial charge is 0.183 e. The molecule has 0 bridgehead atoms. The number of fused-ring (bicyclic) bond motifs is 1. The van der Waals surface area contributed by atoms with Crippen molar-refractivity contribution in [3.05, 3.63) is 42.5 Å². The molecule has 2 atom stereocenters. The quantitative estimate of drug-likeness (QED) is 0.629. The Morgan fingerprint density at radius 3 is 2.63 bits per heavy atom. The molecule has 2 heterocycles. The fourth-order valence-corrected chi connectivity index (χ4v) is 4.35. The number of nitrogens with zero attached hydrogens (tertiary/aromatic N) is 4. The Morgan fingerprint density at radius 2 is 2.04 bits per heavy atom. The van der Waals surface area contributed by atoms with Crippen LogP contribution in [0.4, 0.5) is 5.13 Å². The van der Waals surface area contributed by atoms with E-state index in [-0.39, 0.29) is 11.5 Å². The molecule has 0 spiro atoms. The van der Waals surface area contributed by atoms with Gasteiger partial charge in [0.2, 0.25) is 0 Å². The van der Waals surface area contributed by atoms with Gasteiger partial charge in [-0.2, -0.15) is 0 Å². The SMILES string of the molecule is CCC(C(c1ccc2nc(NCC(C)(C)C)sc2c1)n1ccnc1)N(C)C. The second-order valence-corrected chi connectivity index (χ2v) is 9.58. The first kappa shape index (κ1) is 19.8. The number of imidazole rings is 1. The molecule has 2 aromatic heterocycles. The van der Waals surface area contributed by atoms with Gasteiger partial charge >= 0.3 is 0 Å². The minimum Gasteiger partial charge on any atom is -0.361 e. The fraction of sp³-hybridized carbons (Fsp3) is 0.524. The van der Waals surface area contributed by atoms with E-state index in [1.54, 1.807) is 11.3 Å². The zero-order valence-corrected chi connectivity index (χ0v) is 18.0. The lowest BCUT2D eigenvalue weighted by Gasteiger charge is -2.33. The second kappa shape index (κ2) is 7.98. The maximum absolute atomic E-state index is 4.76. The first-order valence-electron chi connectivity index (χ1n) is 9.56. The van der Waals surface area contributed by atoms with Crippen LogP contribution in [0.1, 0.15) is 45.7 Å². The number of aromatic nitrogens is 3. The van der Waals surface area contributed by atoms with Gasteiger partial charge in [-0.1, -0.05) is 45.1 Å². The molecule has 0 radical (unpaired) electrons. The number of hydrogen-bond acceptors (Lipinski definition) is 5. The highest BCUT2D eigenvalue weighted by molar-refractivity contribution is 7.22. The van der Waals surface area contributed by atoms with Crippen LogP contribution in [0.5, 0.6) is 0 Å². The Hall–Kier alpha value is -1.92. The molecule has 146 valence electrons. The van der Waals surface area contributed by atoms with E-state index in [0.29, 0.717) is 6.04 Å². The normalized spacial score (nSPS) is 14.6. The summed E-state index contributed by atoms with van der Waals surface area (Å²) >= 11 is 1.73. The molecule has 0 aliphatic rings. The number of likely N-dealkylation sites (N-methyl/N-ethyl adjacent to an activating group) is 1. The Bertz CT molecular complexity index is 860. The van der Waals surface area contributed by atoms with Gasteiger partial charge in [0.1, 0.15) is 0 Å². The van der Waals surface area contributed by atoms with Gasteiger partial charge in [-0.15, -0.1) is 0 Å². The highest BCUT2D eigenvalue weighted by Crippen LogP contribution is 2.33. The molecule has 2 unspecified atom stereocenters. The molecule has 0 aliphatic carbocycles. The van der Waals surface area contributed by atoms with Crippen LogP contribution in [0.15, 0.2) is 36.9 Å². The first-order chi connectivity index (χ1) is 12.8. The van der Waals surface area contributed by atoms with Gasteiger partial charge in [-0.3, -0.25) is 0 Å². The molecule has 0 aliphatic heterocycles. The third-order valence-electron chi connectivity index (χ3n) is 4.82. The molecule has 3 aromatic rings. The Morgan fingerprint density at radius 1 is 1.26 bits per heavy atom. The van der Waals surface area contributed by atoms with Gasteiger partial charge in [0.05, 0.1) is 22.6 Å². The summed E-state index contributed by atoms with van der Waals surface area (Å²) in [6.07, 6.45) is 6.90. The highest BCUT2D eigenvalue weighted by atomic mass is 32.1. The van der Waals surface area contributed by atoms with Crippen molar-refractivity contribution in [3.8, 4) is 0 Å². The van der Waals surface area contributed by atoms with Crippen LogP contribution in [-0.2, 0) is 0 Å². The Balaban J connectivity index is 1.95. The van der Waals surface area contributed by atoms with Gasteiger partial charge in [0.25, 0.3) is 0 Å². The standard InChI is InChI=1S/C21H31N5S/c1-7-17(25(5)6)19(26-11-10-22-14-26)15-8-9-16-18(12-15)27-20(24-16)23-13-21(2,3)4/h8-12,14,17,19H,7,13H2,1-6H3,(H,23,24). The summed E-state index contributed by atoms with van der Waals surface area (Å²) in [7, 11) is 4.30. The van der Waals surface area contributed by atoms with Gasteiger partial charge in [0, 0.05) is 25.0 Å². The van der Waals surface area contributed by atoms with Crippen molar-refractivity contribution in [1.29, 1.82) is 0 Å². The molecule has 0 saturated carbocycles. The Labute approximate surface area is 166 Å². The highest BCUT2D eigenvalue weighted by Gasteiger charge is 2.25. The van der Waals surface area contributed by atoms with Crippen LogP contribution in [-0.4, -0.2) is 46.1 Å². The molecule has 5 nitrogen and oxygen atoms in total. The van der Waals surface area contributed by atoms with Crippen molar-refractivity contribution in [3.63, 3.8) is 0 Å². The van der Waals surface area contributed by atoms with E-state index < -0.39 is 0 Å². The predicted octanol–water partition coefficient (Wildman–Crippen LogP) is 4.88. The summed E-state index contributed by atoms with van der Waals surface area (Å²) in [5.41, 5.74) is 2.59. The molecule has 0 fully saturated rings. The van der Waals surface area contributed by atoms with Crippen LogP contribution >= 0.6 is 11.3 Å². The first-order valence-corrected chi connectivity index (χ1v) is 10.4. The molecule has 3 rings (SSSR count). The third-order valence-corrected chi connectivity index (χ3v) is 5.79. The van der Waals surface area contributed by atoms with Crippen LogP contribution in [0.3, 0.4) is 0 Å². The van der Waals surface area contributed by atoms with E-state index in [2.05, 4.69) is 86.0 Å². The molecule has 27 heavy (non-hydrogen) atoms. The lowest BCUT2D eigenvalue weighted by molar-refractivity contribution is 0.227. The molecule has 0 amide bonds. The molecule has 1 N–H and O–H groups in total. The molecule has 6 heteroatoms. The summed E-state index contributed by atoms with van der Waals surface area (Å²) in [6.45, 7) is 9.85. The average molecular weight is 386 g/mol. The van der Waals surface area contributed by atoms with Gasteiger partial charge in [0.15, 0.2) is 5.13 Å². The lowest BCUT2D eigenvalue weighted by Crippen LogP contribution is -2.36. The summed E-state index contributed by atoms with van der Waals surface area (Å²) in [4.78, 5) is 11.3. The number of rotatable bonds is 7.